The quantitative estimate of drug-likeness (QED) is 0.617. The highest BCUT2D eigenvalue weighted by Crippen LogP contribution is 2.40. The lowest BCUT2D eigenvalue weighted by atomic mass is 9.75. The van der Waals surface area contributed by atoms with Crippen molar-refractivity contribution in [3.05, 3.63) is 29.8 Å². The fourth-order valence-electron chi connectivity index (χ4n) is 1.77. The Balaban J connectivity index is 2.55. The van der Waals surface area contributed by atoms with Gasteiger partial charge in [0.2, 0.25) is 0 Å². The molecule has 0 saturated heterocycles. The highest BCUT2D eigenvalue weighted by Gasteiger charge is 2.33. The Labute approximate surface area is 79.5 Å². The van der Waals surface area contributed by atoms with Crippen molar-refractivity contribution < 1.29 is 0 Å². The Bertz CT molecular complexity index is 352. The molecule has 1 aliphatic rings. The largest absolute Gasteiger partial charge is 0.260 e. The number of para-hydroxylation sites is 1. The molecule has 0 aromatic heterocycles. The number of hydrogen-bond acceptors (Lipinski definition) is 1. The topological polar surface area (TPSA) is 12.4 Å². The molecule has 1 heterocycles. The maximum absolute atomic E-state index is 4.45. The summed E-state index contributed by atoms with van der Waals surface area (Å²) in [6, 6.07) is 8.40. The Morgan fingerprint density at radius 2 is 1.92 bits per heavy atom. The van der Waals surface area contributed by atoms with Crippen molar-refractivity contribution >= 4 is 11.9 Å². The molecule has 0 N–H and O–H groups in total. The molecule has 1 aromatic carbocycles. The van der Waals surface area contributed by atoms with Crippen molar-refractivity contribution in [1.29, 1.82) is 0 Å². The van der Waals surface area contributed by atoms with Gasteiger partial charge in [-0.15, -0.1) is 0 Å². The van der Waals surface area contributed by atoms with Crippen LogP contribution < -0.4 is 0 Å². The lowest BCUT2D eigenvalue weighted by Crippen LogP contribution is -2.27. The van der Waals surface area contributed by atoms with Gasteiger partial charge in [0.05, 0.1) is 5.69 Å². The van der Waals surface area contributed by atoms with Gasteiger partial charge in [0.25, 0.3) is 0 Å². The Kier molecular flexibility index (Phi) is 1.76. The molecule has 68 valence electrons. The predicted octanol–water partition coefficient (Wildman–Crippen LogP) is 3.32. The zero-order valence-corrected chi connectivity index (χ0v) is 8.41. The van der Waals surface area contributed by atoms with Crippen LogP contribution >= 0.6 is 0 Å². The summed E-state index contributed by atoms with van der Waals surface area (Å²) in [6.07, 6.45) is 2.09. The van der Waals surface area contributed by atoms with Crippen molar-refractivity contribution in [3.8, 4) is 0 Å². The van der Waals surface area contributed by atoms with Crippen molar-refractivity contribution in [2.24, 2.45) is 10.9 Å². The fraction of sp³-hybridized carbons (Fsp3) is 0.417. The van der Waals surface area contributed by atoms with E-state index in [9.17, 15) is 0 Å². The van der Waals surface area contributed by atoms with E-state index in [-0.39, 0.29) is 5.41 Å². The van der Waals surface area contributed by atoms with Crippen LogP contribution in [0.1, 0.15) is 26.3 Å². The van der Waals surface area contributed by atoms with E-state index in [4.69, 9.17) is 0 Å². The summed E-state index contributed by atoms with van der Waals surface area (Å²) in [4.78, 5) is 4.45. The summed E-state index contributed by atoms with van der Waals surface area (Å²) in [5, 5.41) is 0. The number of nitrogens with zero attached hydrogens (tertiary/aromatic N) is 1. The molecule has 1 atom stereocenters. The SMILES string of the molecule is CC(C)[C@]1(C)C=Nc2ccccc21. The van der Waals surface area contributed by atoms with E-state index in [0.29, 0.717) is 5.92 Å². The average Bonchev–Trinajstić information content (AvgIpc) is 2.47. The molecule has 0 saturated carbocycles. The van der Waals surface area contributed by atoms with Gasteiger partial charge in [-0.1, -0.05) is 39.0 Å². The first-order valence-corrected chi connectivity index (χ1v) is 4.79. The average molecular weight is 173 g/mol. The third-order valence-electron chi connectivity index (χ3n) is 3.16. The lowest BCUT2D eigenvalue weighted by Gasteiger charge is -2.26. The second kappa shape index (κ2) is 2.69. The number of benzene rings is 1. The third kappa shape index (κ3) is 1.11. The maximum Gasteiger partial charge on any atom is 0.0667 e. The maximum atomic E-state index is 4.45. The fourth-order valence-corrected chi connectivity index (χ4v) is 1.77. The van der Waals surface area contributed by atoms with E-state index in [2.05, 4.69) is 50.2 Å². The Morgan fingerprint density at radius 3 is 2.62 bits per heavy atom. The molecule has 1 nitrogen and oxygen atoms in total. The van der Waals surface area contributed by atoms with Crippen molar-refractivity contribution in [2.45, 2.75) is 26.2 Å². The van der Waals surface area contributed by atoms with Gasteiger partial charge in [0.1, 0.15) is 0 Å². The minimum atomic E-state index is 0.136. The second-order valence-electron chi connectivity index (χ2n) is 4.21. The summed E-state index contributed by atoms with van der Waals surface area (Å²) >= 11 is 0. The monoisotopic (exact) mass is 173 g/mol. The van der Waals surface area contributed by atoms with Crippen LogP contribution in [0.15, 0.2) is 29.3 Å². The van der Waals surface area contributed by atoms with E-state index < -0.39 is 0 Å². The number of hydrogen-bond donors (Lipinski definition) is 0. The van der Waals surface area contributed by atoms with E-state index >= 15 is 0 Å². The predicted molar refractivity (Wildman–Crippen MR) is 56.8 cm³/mol. The minimum Gasteiger partial charge on any atom is -0.260 e. The molecule has 1 heteroatoms. The number of aliphatic imine (C=N–C) groups is 1. The first kappa shape index (κ1) is 8.49. The molecule has 13 heavy (non-hydrogen) atoms. The molecular formula is C12H15N. The molecule has 0 unspecified atom stereocenters. The first-order valence-electron chi connectivity index (χ1n) is 4.79. The van der Waals surface area contributed by atoms with Crippen molar-refractivity contribution in [1.82, 2.24) is 0 Å². The second-order valence-corrected chi connectivity index (χ2v) is 4.21. The Hall–Kier alpha value is -1.11. The van der Waals surface area contributed by atoms with Gasteiger partial charge in [0, 0.05) is 11.6 Å². The number of rotatable bonds is 1. The third-order valence-corrected chi connectivity index (χ3v) is 3.16. The van der Waals surface area contributed by atoms with E-state index in [1.54, 1.807) is 0 Å². The molecule has 0 amide bonds. The van der Waals surface area contributed by atoms with E-state index in [1.807, 2.05) is 6.07 Å². The van der Waals surface area contributed by atoms with E-state index in [1.165, 1.54) is 5.56 Å². The van der Waals surface area contributed by atoms with Crippen LogP contribution in [0.3, 0.4) is 0 Å². The van der Waals surface area contributed by atoms with Gasteiger partial charge < -0.3 is 0 Å². The van der Waals surface area contributed by atoms with Gasteiger partial charge in [0.15, 0.2) is 0 Å². The molecule has 0 aliphatic carbocycles. The summed E-state index contributed by atoms with van der Waals surface area (Å²) in [5.41, 5.74) is 2.64. The molecular weight excluding hydrogens is 158 g/mol. The Morgan fingerprint density at radius 1 is 1.23 bits per heavy atom. The molecule has 0 radical (unpaired) electrons. The summed E-state index contributed by atoms with van der Waals surface area (Å²) in [6.45, 7) is 6.75. The molecule has 0 fully saturated rings. The lowest BCUT2D eigenvalue weighted by molar-refractivity contribution is 0.465. The van der Waals surface area contributed by atoms with Gasteiger partial charge in [-0.3, -0.25) is 4.99 Å². The van der Waals surface area contributed by atoms with Crippen LogP contribution in [0.5, 0.6) is 0 Å². The van der Waals surface area contributed by atoms with Crippen LogP contribution in [0, 0.1) is 5.92 Å². The number of fused-ring (bicyclic) bond motifs is 1. The standard InChI is InChI=1S/C12H15N/c1-9(2)12(3)8-13-11-7-5-4-6-10(11)12/h4-9H,1-3H3/t12-/m0/s1. The van der Waals surface area contributed by atoms with E-state index in [0.717, 1.165) is 5.69 Å². The van der Waals surface area contributed by atoms with Crippen molar-refractivity contribution in [3.63, 3.8) is 0 Å². The van der Waals surface area contributed by atoms with Crippen LogP contribution in [-0.4, -0.2) is 6.21 Å². The molecule has 0 bridgehead atoms. The van der Waals surface area contributed by atoms with Crippen molar-refractivity contribution in [2.75, 3.05) is 0 Å². The molecule has 1 aromatic rings. The van der Waals surface area contributed by atoms with Crippen LogP contribution in [-0.2, 0) is 5.41 Å². The molecule has 1 aliphatic heterocycles. The smallest absolute Gasteiger partial charge is 0.0667 e. The molecule has 2 rings (SSSR count). The van der Waals surface area contributed by atoms with Gasteiger partial charge in [-0.25, -0.2) is 0 Å². The van der Waals surface area contributed by atoms with Crippen LogP contribution in [0.2, 0.25) is 0 Å². The summed E-state index contributed by atoms with van der Waals surface area (Å²) in [7, 11) is 0. The molecule has 0 spiro atoms. The normalized spacial score (nSPS) is 25.2. The zero-order chi connectivity index (χ0) is 9.47. The highest BCUT2D eigenvalue weighted by atomic mass is 14.8. The van der Waals surface area contributed by atoms with Crippen LogP contribution in [0.25, 0.3) is 0 Å². The summed E-state index contributed by atoms with van der Waals surface area (Å²) in [5.74, 6) is 0.597. The zero-order valence-electron chi connectivity index (χ0n) is 8.41. The van der Waals surface area contributed by atoms with Crippen LogP contribution in [0.4, 0.5) is 5.69 Å². The summed E-state index contributed by atoms with van der Waals surface area (Å²) < 4.78 is 0. The first-order chi connectivity index (χ1) is 6.14. The van der Waals surface area contributed by atoms with Gasteiger partial charge in [-0.05, 0) is 17.5 Å². The van der Waals surface area contributed by atoms with Gasteiger partial charge >= 0.3 is 0 Å². The van der Waals surface area contributed by atoms with Gasteiger partial charge in [-0.2, -0.15) is 0 Å². The highest BCUT2D eigenvalue weighted by molar-refractivity contribution is 5.84. The minimum absolute atomic E-state index is 0.136.